The number of anilines is 2. The number of ether oxygens (including phenoxy) is 2. The number of nitrogens with zero attached hydrogens (tertiary/aromatic N) is 1. The van der Waals surface area contributed by atoms with Crippen molar-refractivity contribution in [1.29, 1.82) is 0 Å². The Hall–Kier alpha value is -4.26. The molecule has 1 aliphatic rings. The molecule has 7 heteroatoms. The first-order chi connectivity index (χ1) is 16.6. The maximum atomic E-state index is 13.5. The number of pyridine rings is 1. The monoisotopic (exact) mass is 455 g/mol. The van der Waals surface area contributed by atoms with Crippen LogP contribution >= 0.6 is 0 Å². The van der Waals surface area contributed by atoms with E-state index in [1.54, 1.807) is 18.2 Å². The molecule has 0 bridgehead atoms. The number of rotatable bonds is 7. The summed E-state index contributed by atoms with van der Waals surface area (Å²) in [5, 5.41) is 6.97. The molecule has 7 nitrogen and oxygen atoms in total. The van der Waals surface area contributed by atoms with Crippen LogP contribution in [0.25, 0.3) is 10.9 Å². The van der Waals surface area contributed by atoms with Crippen molar-refractivity contribution in [3.8, 4) is 11.5 Å². The second-order valence-corrected chi connectivity index (χ2v) is 8.14. The summed E-state index contributed by atoms with van der Waals surface area (Å²) in [4.78, 5) is 26.3. The first kappa shape index (κ1) is 21.6. The Morgan fingerprint density at radius 3 is 2.41 bits per heavy atom. The van der Waals surface area contributed by atoms with Crippen molar-refractivity contribution in [2.75, 3.05) is 17.4 Å². The summed E-state index contributed by atoms with van der Waals surface area (Å²) in [6.07, 6.45) is 0.969. The average molecular weight is 456 g/mol. The Labute approximate surface area is 196 Å². The number of nitrogens with one attached hydrogen (secondary N) is 2. The summed E-state index contributed by atoms with van der Waals surface area (Å²) >= 11 is 0. The third kappa shape index (κ3) is 4.45. The number of fused-ring (bicyclic) bond motifs is 2. The van der Waals surface area contributed by atoms with E-state index in [2.05, 4.69) is 29.7 Å². The number of hydrogen-bond donors (Lipinski definition) is 2. The average Bonchev–Trinajstić information content (AvgIpc) is 3.32. The quantitative estimate of drug-likeness (QED) is 0.428. The van der Waals surface area contributed by atoms with E-state index in [1.165, 1.54) is 10.1 Å². The molecule has 3 aromatic carbocycles. The van der Waals surface area contributed by atoms with Crippen LogP contribution in [0, 0.1) is 0 Å². The molecule has 0 aliphatic carbocycles. The van der Waals surface area contributed by atoms with Crippen LogP contribution in [-0.2, 0) is 24.3 Å². The zero-order valence-corrected chi connectivity index (χ0v) is 18.8. The maximum absolute atomic E-state index is 13.5. The van der Waals surface area contributed by atoms with Crippen molar-refractivity contribution in [2.24, 2.45) is 0 Å². The van der Waals surface area contributed by atoms with Crippen molar-refractivity contribution in [3.63, 3.8) is 0 Å². The van der Waals surface area contributed by atoms with Gasteiger partial charge in [-0.05, 0) is 48.4 Å². The van der Waals surface area contributed by atoms with E-state index in [4.69, 9.17) is 9.47 Å². The highest BCUT2D eigenvalue weighted by Gasteiger charge is 2.19. The molecule has 0 saturated heterocycles. The lowest BCUT2D eigenvalue weighted by atomic mass is 10.1. The lowest BCUT2D eigenvalue weighted by Crippen LogP contribution is -2.30. The molecule has 2 heterocycles. The van der Waals surface area contributed by atoms with Gasteiger partial charge in [0.05, 0.1) is 5.52 Å². The van der Waals surface area contributed by atoms with Crippen LogP contribution in [0.1, 0.15) is 18.1 Å². The Morgan fingerprint density at radius 2 is 1.68 bits per heavy atom. The van der Waals surface area contributed by atoms with Gasteiger partial charge in [0.2, 0.25) is 12.7 Å². The maximum Gasteiger partial charge on any atom is 0.256 e. The fourth-order valence-corrected chi connectivity index (χ4v) is 4.03. The summed E-state index contributed by atoms with van der Waals surface area (Å²) in [5.41, 5.74) is 3.80. The highest BCUT2D eigenvalue weighted by atomic mass is 16.7. The molecule has 1 aromatic heterocycles. The predicted molar refractivity (Wildman–Crippen MR) is 133 cm³/mol. The molecule has 2 N–H and O–H groups in total. The first-order valence-corrected chi connectivity index (χ1v) is 11.2. The van der Waals surface area contributed by atoms with Gasteiger partial charge in [-0.2, -0.15) is 0 Å². The molecule has 0 fully saturated rings. The highest BCUT2D eigenvalue weighted by molar-refractivity contribution is 5.92. The van der Waals surface area contributed by atoms with Gasteiger partial charge in [0, 0.05) is 34.9 Å². The Morgan fingerprint density at radius 1 is 0.941 bits per heavy atom. The standard InChI is InChI=1S/C27H25N3O4/c1-2-18-8-10-21(11-9-18)28-15-20-12-19-13-24-25(34-17-33-24)14-23(19)30(27(20)32)16-26(31)29-22-6-4-3-5-7-22/h3-14,28H,2,15-17H2,1H3,(H,29,31). The lowest BCUT2D eigenvalue weighted by molar-refractivity contribution is -0.116. The third-order valence-corrected chi connectivity index (χ3v) is 5.87. The van der Waals surface area contributed by atoms with E-state index in [0.717, 1.165) is 17.5 Å². The minimum Gasteiger partial charge on any atom is -0.454 e. The Balaban J connectivity index is 1.48. The lowest BCUT2D eigenvalue weighted by Gasteiger charge is -2.15. The van der Waals surface area contributed by atoms with Crippen molar-refractivity contribution in [2.45, 2.75) is 26.4 Å². The van der Waals surface area contributed by atoms with Crippen LogP contribution in [0.2, 0.25) is 0 Å². The van der Waals surface area contributed by atoms with Gasteiger partial charge in [-0.25, -0.2) is 0 Å². The highest BCUT2D eigenvalue weighted by Crippen LogP contribution is 2.36. The number of benzene rings is 3. The molecular formula is C27H25N3O4. The van der Waals surface area contributed by atoms with Gasteiger partial charge in [-0.3, -0.25) is 14.2 Å². The molecule has 0 spiro atoms. The normalized spacial score (nSPS) is 12.0. The molecule has 0 atom stereocenters. The molecule has 1 aliphatic heterocycles. The van der Waals surface area contributed by atoms with Gasteiger partial charge in [0.1, 0.15) is 6.54 Å². The van der Waals surface area contributed by atoms with E-state index >= 15 is 0 Å². The minimum atomic E-state index is -0.285. The van der Waals surface area contributed by atoms with Crippen LogP contribution < -0.4 is 25.7 Å². The molecule has 1 amide bonds. The summed E-state index contributed by atoms with van der Waals surface area (Å²) in [6, 6.07) is 22.8. The summed E-state index contributed by atoms with van der Waals surface area (Å²) < 4.78 is 12.5. The zero-order chi connectivity index (χ0) is 23.5. The smallest absolute Gasteiger partial charge is 0.256 e. The molecule has 4 aromatic rings. The zero-order valence-electron chi connectivity index (χ0n) is 18.8. The van der Waals surface area contributed by atoms with Gasteiger partial charge >= 0.3 is 0 Å². The van der Waals surface area contributed by atoms with E-state index in [0.29, 0.717) is 34.8 Å². The van der Waals surface area contributed by atoms with Crippen LogP contribution in [-0.4, -0.2) is 17.3 Å². The van der Waals surface area contributed by atoms with Crippen LogP contribution in [0.4, 0.5) is 11.4 Å². The van der Waals surface area contributed by atoms with Gasteiger partial charge in [-0.1, -0.05) is 37.3 Å². The topological polar surface area (TPSA) is 81.6 Å². The van der Waals surface area contributed by atoms with E-state index in [1.807, 2.05) is 42.5 Å². The van der Waals surface area contributed by atoms with E-state index in [-0.39, 0.29) is 24.8 Å². The van der Waals surface area contributed by atoms with Crippen LogP contribution in [0.3, 0.4) is 0 Å². The largest absolute Gasteiger partial charge is 0.454 e. The number of amides is 1. The third-order valence-electron chi connectivity index (χ3n) is 5.87. The number of para-hydroxylation sites is 1. The predicted octanol–water partition coefficient (Wildman–Crippen LogP) is 4.54. The van der Waals surface area contributed by atoms with Crippen molar-refractivity contribution in [3.05, 3.63) is 94.3 Å². The van der Waals surface area contributed by atoms with Crippen molar-refractivity contribution in [1.82, 2.24) is 4.57 Å². The van der Waals surface area contributed by atoms with Crippen LogP contribution in [0.15, 0.2) is 77.6 Å². The molecule has 5 rings (SSSR count). The molecular weight excluding hydrogens is 430 g/mol. The van der Waals surface area contributed by atoms with Crippen molar-refractivity contribution >= 4 is 28.2 Å². The SMILES string of the molecule is CCc1ccc(NCc2cc3cc4c(cc3n(CC(=O)Nc3ccccc3)c2=O)OCO4)cc1. The van der Waals surface area contributed by atoms with E-state index < -0.39 is 0 Å². The number of carbonyl (C=O) groups is 1. The van der Waals surface area contributed by atoms with Gasteiger partial charge in [-0.15, -0.1) is 0 Å². The Bertz CT molecular complexity index is 1400. The second-order valence-electron chi connectivity index (χ2n) is 8.14. The fourth-order valence-electron chi connectivity index (χ4n) is 4.03. The summed E-state index contributed by atoms with van der Waals surface area (Å²) in [6.45, 7) is 2.45. The molecule has 0 radical (unpaired) electrons. The Kier molecular flexibility index (Phi) is 5.91. The second kappa shape index (κ2) is 9.31. The number of carbonyl (C=O) groups excluding carboxylic acids is 1. The molecule has 34 heavy (non-hydrogen) atoms. The first-order valence-electron chi connectivity index (χ1n) is 11.2. The van der Waals surface area contributed by atoms with Gasteiger partial charge in [0.25, 0.3) is 5.56 Å². The van der Waals surface area contributed by atoms with Gasteiger partial charge < -0.3 is 20.1 Å². The fraction of sp³-hybridized carbons (Fsp3) is 0.185. The number of hydrogen-bond acceptors (Lipinski definition) is 5. The van der Waals surface area contributed by atoms with E-state index in [9.17, 15) is 9.59 Å². The van der Waals surface area contributed by atoms with Gasteiger partial charge in [0.15, 0.2) is 11.5 Å². The van der Waals surface area contributed by atoms with Crippen molar-refractivity contribution < 1.29 is 14.3 Å². The number of aromatic nitrogens is 1. The minimum absolute atomic E-state index is 0.122. The molecule has 0 saturated carbocycles. The summed E-state index contributed by atoms with van der Waals surface area (Å²) in [5.74, 6) is 0.902. The number of aryl methyl sites for hydroxylation is 1. The molecule has 0 unspecified atom stereocenters. The molecule has 172 valence electrons. The summed E-state index contributed by atoms with van der Waals surface area (Å²) in [7, 11) is 0. The van der Waals surface area contributed by atoms with Crippen LogP contribution in [0.5, 0.6) is 11.5 Å².